The molecule has 1 heterocycles. The standard InChI is InChI=1S/C12H14N2O2/c1-9-2-4-10(5-3-9)8-14-11(15)6-13-7-12(14)16/h2-5,13H,6-8H2,1H3. The first-order valence-electron chi connectivity index (χ1n) is 5.26. The number of hydrogen-bond acceptors (Lipinski definition) is 3. The van der Waals surface area contributed by atoms with Crippen LogP contribution in [-0.2, 0) is 16.1 Å². The minimum absolute atomic E-state index is 0.156. The second kappa shape index (κ2) is 4.45. The summed E-state index contributed by atoms with van der Waals surface area (Å²) in [6.07, 6.45) is 0. The van der Waals surface area contributed by atoms with Crippen molar-refractivity contribution in [1.29, 1.82) is 0 Å². The normalized spacial score (nSPS) is 16.7. The molecule has 1 aliphatic rings. The predicted octanol–water partition coefficient (Wildman–Crippen LogP) is 0.453. The van der Waals surface area contributed by atoms with Crippen LogP contribution in [0.2, 0.25) is 0 Å². The van der Waals surface area contributed by atoms with Gasteiger partial charge in [0.25, 0.3) is 0 Å². The minimum atomic E-state index is -0.156. The van der Waals surface area contributed by atoms with Crippen LogP contribution in [-0.4, -0.2) is 29.8 Å². The van der Waals surface area contributed by atoms with Crippen molar-refractivity contribution in [2.75, 3.05) is 13.1 Å². The van der Waals surface area contributed by atoms with Gasteiger partial charge in [-0.1, -0.05) is 29.8 Å². The molecular weight excluding hydrogens is 204 g/mol. The maximum absolute atomic E-state index is 11.5. The SMILES string of the molecule is Cc1ccc(CN2C(=O)CNCC2=O)cc1. The lowest BCUT2D eigenvalue weighted by molar-refractivity contribution is -0.147. The average molecular weight is 218 g/mol. The molecule has 1 aromatic rings. The minimum Gasteiger partial charge on any atom is -0.300 e. The first-order chi connectivity index (χ1) is 7.66. The lowest BCUT2D eigenvalue weighted by atomic mass is 10.1. The van der Waals surface area contributed by atoms with Gasteiger partial charge >= 0.3 is 0 Å². The van der Waals surface area contributed by atoms with Crippen LogP contribution in [0.1, 0.15) is 11.1 Å². The summed E-state index contributed by atoms with van der Waals surface area (Å²) in [5.74, 6) is -0.311. The number of aryl methyl sites for hydroxylation is 1. The van der Waals surface area contributed by atoms with Crippen molar-refractivity contribution in [2.24, 2.45) is 0 Å². The van der Waals surface area contributed by atoms with E-state index in [1.165, 1.54) is 10.5 Å². The number of hydrogen-bond donors (Lipinski definition) is 1. The Hall–Kier alpha value is -1.68. The molecule has 84 valence electrons. The maximum atomic E-state index is 11.5. The molecule has 0 spiro atoms. The Bertz CT molecular complexity index is 396. The Morgan fingerprint density at radius 2 is 1.69 bits per heavy atom. The third kappa shape index (κ3) is 2.28. The van der Waals surface area contributed by atoms with Crippen molar-refractivity contribution in [3.05, 3.63) is 35.4 Å². The van der Waals surface area contributed by atoms with E-state index in [1.807, 2.05) is 31.2 Å². The van der Waals surface area contributed by atoms with E-state index in [2.05, 4.69) is 5.32 Å². The summed E-state index contributed by atoms with van der Waals surface area (Å²) in [6, 6.07) is 7.84. The molecule has 1 aromatic carbocycles. The number of nitrogens with one attached hydrogen (secondary N) is 1. The number of carbonyl (C=O) groups is 2. The van der Waals surface area contributed by atoms with E-state index >= 15 is 0 Å². The number of amides is 2. The Morgan fingerprint density at radius 3 is 2.25 bits per heavy atom. The van der Waals surface area contributed by atoms with Crippen LogP contribution >= 0.6 is 0 Å². The van der Waals surface area contributed by atoms with Crippen molar-refractivity contribution >= 4 is 11.8 Å². The molecule has 1 saturated heterocycles. The molecule has 0 radical (unpaired) electrons. The second-order valence-corrected chi connectivity index (χ2v) is 3.96. The van der Waals surface area contributed by atoms with Crippen molar-refractivity contribution in [3.63, 3.8) is 0 Å². The second-order valence-electron chi connectivity index (χ2n) is 3.96. The van der Waals surface area contributed by atoms with Crippen LogP contribution in [0.5, 0.6) is 0 Å². The van der Waals surface area contributed by atoms with Crippen LogP contribution in [0.25, 0.3) is 0 Å². The van der Waals surface area contributed by atoms with E-state index in [1.54, 1.807) is 0 Å². The predicted molar refractivity (Wildman–Crippen MR) is 59.6 cm³/mol. The highest BCUT2D eigenvalue weighted by atomic mass is 16.2. The van der Waals surface area contributed by atoms with Gasteiger partial charge in [0.2, 0.25) is 11.8 Å². The van der Waals surface area contributed by atoms with Gasteiger partial charge in [-0.25, -0.2) is 0 Å². The average Bonchev–Trinajstić information content (AvgIpc) is 2.26. The van der Waals surface area contributed by atoms with Gasteiger partial charge < -0.3 is 0 Å². The fraction of sp³-hybridized carbons (Fsp3) is 0.333. The van der Waals surface area contributed by atoms with Gasteiger partial charge in [-0.3, -0.25) is 19.8 Å². The zero-order valence-electron chi connectivity index (χ0n) is 9.19. The number of imide groups is 1. The number of carbonyl (C=O) groups excluding carboxylic acids is 2. The fourth-order valence-electron chi connectivity index (χ4n) is 1.66. The van der Waals surface area contributed by atoms with Crippen LogP contribution in [0, 0.1) is 6.92 Å². The van der Waals surface area contributed by atoms with Gasteiger partial charge in [0.15, 0.2) is 0 Å². The first kappa shape index (κ1) is 10.8. The van der Waals surface area contributed by atoms with E-state index in [-0.39, 0.29) is 24.9 Å². The number of nitrogens with zero attached hydrogens (tertiary/aromatic N) is 1. The fourth-order valence-corrected chi connectivity index (χ4v) is 1.66. The summed E-state index contributed by atoms with van der Waals surface area (Å²) in [5.41, 5.74) is 2.15. The topological polar surface area (TPSA) is 49.4 Å². The Morgan fingerprint density at radius 1 is 1.12 bits per heavy atom. The van der Waals surface area contributed by atoms with E-state index in [9.17, 15) is 9.59 Å². The number of rotatable bonds is 2. The van der Waals surface area contributed by atoms with E-state index in [4.69, 9.17) is 0 Å². The molecule has 0 saturated carbocycles. The van der Waals surface area contributed by atoms with Crippen molar-refractivity contribution in [2.45, 2.75) is 13.5 Å². The Balaban J connectivity index is 2.10. The molecule has 1 N–H and O–H groups in total. The van der Waals surface area contributed by atoms with Gasteiger partial charge in [0.1, 0.15) is 0 Å². The highest BCUT2D eigenvalue weighted by molar-refractivity contribution is 5.99. The monoisotopic (exact) mass is 218 g/mol. The zero-order chi connectivity index (χ0) is 11.5. The third-order valence-corrected chi connectivity index (χ3v) is 2.62. The Labute approximate surface area is 94.2 Å². The number of piperazine rings is 1. The van der Waals surface area contributed by atoms with Gasteiger partial charge in [-0.15, -0.1) is 0 Å². The molecule has 1 fully saturated rings. The first-order valence-corrected chi connectivity index (χ1v) is 5.26. The molecule has 0 atom stereocenters. The summed E-state index contributed by atoms with van der Waals surface area (Å²) in [7, 11) is 0. The lowest BCUT2D eigenvalue weighted by Gasteiger charge is -2.25. The van der Waals surface area contributed by atoms with Crippen LogP contribution in [0.3, 0.4) is 0 Å². The lowest BCUT2D eigenvalue weighted by Crippen LogP contribution is -2.51. The maximum Gasteiger partial charge on any atom is 0.243 e. The van der Waals surface area contributed by atoms with Crippen LogP contribution in [0.4, 0.5) is 0 Å². The van der Waals surface area contributed by atoms with Gasteiger partial charge in [0, 0.05) is 0 Å². The van der Waals surface area contributed by atoms with Gasteiger partial charge in [-0.2, -0.15) is 0 Å². The Kier molecular flexibility index (Phi) is 3.01. The summed E-state index contributed by atoms with van der Waals surface area (Å²) in [4.78, 5) is 24.3. The molecule has 0 aromatic heterocycles. The number of benzene rings is 1. The highest BCUT2D eigenvalue weighted by Crippen LogP contribution is 2.08. The largest absolute Gasteiger partial charge is 0.300 e. The molecule has 4 nitrogen and oxygen atoms in total. The van der Waals surface area contributed by atoms with Crippen LogP contribution in [0.15, 0.2) is 24.3 Å². The summed E-state index contributed by atoms with van der Waals surface area (Å²) < 4.78 is 0. The zero-order valence-corrected chi connectivity index (χ0v) is 9.19. The van der Waals surface area contributed by atoms with E-state index < -0.39 is 0 Å². The van der Waals surface area contributed by atoms with E-state index in [0.717, 1.165) is 5.56 Å². The van der Waals surface area contributed by atoms with Gasteiger partial charge in [0.05, 0.1) is 19.6 Å². The summed E-state index contributed by atoms with van der Waals surface area (Å²) >= 11 is 0. The van der Waals surface area contributed by atoms with Crippen molar-refractivity contribution < 1.29 is 9.59 Å². The molecule has 2 rings (SSSR count). The molecule has 0 aliphatic carbocycles. The smallest absolute Gasteiger partial charge is 0.243 e. The summed E-state index contributed by atoms with van der Waals surface area (Å²) in [6.45, 7) is 2.87. The van der Waals surface area contributed by atoms with Crippen molar-refractivity contribution in [1.82, 2.24) is 10.2 Å². The van der Waals surface area contributed by atoms with E-state index in [0.29, 0.717) is 6.54 Å². The third-order valence-electron chi connectivity index (χ3n) is 2.62. The molecule has 0 unspecified atom stereocenters. The highest BCUT2D eigenvalue weighted by Gasteiger charge is 2.25. The summed E-state index contributed by atoms with van der Waals surface area (Å²) in [5, 5.41) is 2.77. The van der Waals surface area contributed by atoms with Crippen molar-refractivity contribution in [3.8, 4) is 0 Å². The molecule has 1 aliphatic heterocycles. The van der Waals surface area contributed by atoms with Crippen LogP contribution < -0.4 is 5.32 Å². The molecule has 0 bridgehead atoms. The van der Waals surface area contributed by atoms with Gasteiger partial charge in [-0.05, 0) is 12.5 Å². The quantitative estimate of drug-likeness (QED) is 0.733. The molecule has 2 amide bonds. The molecule has 4 heteroatoms. The molecular formula is C12H14N2O2. The molecule has 16 heavy (non-hydrogen) atoms.